The first-order chi connectivity index (χ1) is 15.9. The SMILES string of the molecule is CCC(F)(F)[C@@H]1[C@@H](C2(C)CCC(OC(C)=O)CC2)CC[C@]2(C)C([C@H](C)CCC(=O)OC)CC[C@@H]12. The number of rotatable bonds is 8. The topological polar surface area (TPSA) is 52.6 Å². The summed E-state index contributed by atoms with van der Waals surface area (Å²) in [7, 11) is 1.42. The first kappa shape index (κ1) is 27.4. The second kappa shape index (κ2) is 10.4. The monoisotopic (exact) mass is 484 g/mol. The van der Waals surface area contributed by atoms with Crippen molar-refractivity contribution in [3.8, 4) is 0 Å². The summed E-state index contributed by atoms with van der Waals surface area (Å²) in [6.07, 6.45) is 7.83. The van der Waals surface area contributed by atoms with Crippen molar-refractivity contribution in [1.82, 2.24) is 0 Å². The van der Waals surface area contributed by atoms with Gasteiger partial charge < -0.3 is 9.47 Å². The van der Waals surface area contributed by atoms with E-state index in [-0.39, 0.29) is 47.1 Å². The molecule has 0 radical (unpaired) electrons. The van der Waals surface area contributed by atoms with E-state index in [1.54, 1.807) is 6.92 Å². The fourth-order valence-corrected chi connectivity index (χ4v) is 8.34. The maximum Gasteiger partial charge on any atom is 0.305 e. The molecule has 0 N–H and O–H groups in total. The van der Waals surface area contributed by atoms with E-state index in [0.29, 0.717) is 18.3 Å². The Kier molecular flexibility index (Phi) is 8.40. The summed E-state index contributed by atoms with van der Waals surface area (Å²) in [5.41, 5.74) is -0.254. The Morgan fingerprint density at radius 3 is 2.24 bits per heavy atom. The molecule has 0 aliphatic heterocycles. The van der Waals surface area contributed by atoms with Crippen LogP contribution in [-0.4, -0.2) is 31.1 Å². The number of ether oxygens (including phenoxy) is 2. The van der Waals surface area contributed by atoms with E-state index in [9.17, 15) is 9.59 Å². The Hall–Kier alpha value is -1.20. The number of carbonyl (C=O) groups is 2. The number of esters is 2. The predicted molar refractivity (Wildman–Crippen MR) is 128 cm³/mol. The molecule has 3 fully saturated rings. The molecule has 0 bridgehead atoms. The van der Waals surface area contributed by atoms with Gasteiger partial charge in [-0.2, -0.15) is 0 Å². The van der Waals surface area contributed by atoms with Crippen molar-refractivity contribution in [2.75, 3.05) is 7.11 Å². The van der Waals surface area contributed by atoms with Crippen molar-refractivity contribution in [1.29, 1.82) is 0 Å². The zero-order chi connectivity index (χ0) is 25.3. The lowest BCUT2D eigenvalue weighted by Crippen LogP contribution is -2.54. The zero-order valence-corrected chi connectivity index (χ0v) is 22.1. The van der Waals surface area contributed by atoms with Gasteiger partial charge in [0.25, 0.3) is 5.92 Å². The van der Waals surface area contributed by atoms with Crippen LogP contribution >= 0.6 is 0 Å². The van der Waals surface area contributed by atoms with Gasteiger partial charge in [0, 0.05) is 25.7 Å². The van der Waals surface area contributed by atoms with Gasteiger partial charge in [0.2, 0.25) is 0 Å². The van der Waals surface area contributed by atoms with Gasteiger partial charge in [0.15, 0.2) is 0 Å². The smallest absolute Gasteiger partial charge is 0.305 e. The summed E-state index contributed by atoms with van der Waals surface area (Å²) in [4.78, 5) is 23.1. The highest BCUT2D eigenvalue weighted by molar-refractivity contribution is 5.69. The lowest BCUT2D eigenvalue weighted by molar-refractivity contribution is -0.181. The van der Waals surface area contributed by atoms with Gasteiger partial charge in [0.05, 0.1) is 7.11 Å². The Balaban J connectivity index is 1.81. The Morgan fingerprint density at radius 2 is 1.68 bits per heavy atom. The van der Waals surface area contributed by atoms with E-state index in [1.165, 1.54) is 14.0 Å². The van der Waals surface area contributed by atoms with Crippen LogP contribution in [0.25, 0.3) is 0 Å². The third-order valence-corrected chi connectivity index (χ3v) is 10.3. The summed E-state index contributed by atoms with van der Waals surface area (Å²) < 4.78 is 41.8. The number of hydrogen-bond donors (Lipinski definition) is 0. The molecular weight excluding hydrogens is 438 g/mol. The number of fused-ring (bicyclic) bond motifs is 1. The van der Waals surface area contributed by atoms with Crippen molar-refractivity contribution < 1.29 is 27.8 Å². The molecule has 196 valence electrons. The molecule has 0 aromatic carbocycles. The van der Waals surface area contributed by atoms with Gasteiger partial charge >= 0.3 is 11.9 Å². The van der Waals surface area contributed by atoms with Gasteiger partial charge in [-0.05, 0) is 92.3 Å². The maximum atomic E-state index is 15.8. The average Bonchev–Trinajstić information content (AvgIpc) is 3.14. The summed E-state index contributed by atoms with van der Waals surface area (Å²) in [6, 6.07) is 0. The van der Waals surface area contributed by atoms with E-state index in [0.717, 1.165) is 57.8 Å². The lowest BCUT2D eigenvalue weighted by Gasteiger charge is -2.57. The van der Waals surface area contributed by atoms with Crippen molar-refractivity contribution in [3.05, 3.63) is 0 Å². The van der Waals surface area contributed by atoms with E-state index < -0.39 is 11.8 Å². The highest BCUT2D eigenvalue weighted by Gasteiger charge is 2.63. The molecule has 3 aliphatic carbocycles. The van der Waals surface area contributed by atoms with Crippen LogP contribution in [0.15, 0.2) is 0 Å². The minimum absolute atomic E-state index is 0.00907. The molecule has 0 aromatic rings. The van der Waals surface area contributed by atoms with Crippen LogP contribution in [0, 0.1) is 40.4 Å². The van der Waals surface area contributed by atoms with Gasteiger partial charge in [0.1, 0.15) is 6.10 Å². The fraction of sp³-hybridized carbons (Fsp3) is 0.929. The van der Waals surface area contributed by atoms with Crippen LogP contribution in [-0.2, 0) is 19.1 Å². The molecule has 1 unspecified atom stereocenters. The summed E-state index contributed by atoms with van der Waals surface area (Å²) in [5, 5.41) is 0. The van der Waals surface area contributed by atoms with Crippen LogP contribution in [0.4, 0.5) is 8.78 Å². The predicted octanol–water partition coefficient (Wildman–Crippen LogP) is 7.19. The number of alkyl halides is 2. The fourth-order valence-electron chi connectivity index (χ4n) is 8.34. The normalized spacial score (nSPS) is 39.2. The van der Waals surface area contributed by atoms with Crippen LogP contribution < -0.4 is 0 Å². The Bertz CT molecular complexity index is 730. The average molecular weight is 485 g/mol. The van der Waals surface area contributed by atoms with Crippen LogP contribution in [0.3, 0.4) is 0 Å². The highest BCUT2D eigenvalue weighted by Crippen LogP contribution is 2.67. The van der Waals surface area contributed by atoms with Crippen LogP contribution in [0.5, 0.6) is 0 Å². The van der Waals surface area contributed by atoms with Crippen molar-refractivity contribution in [2.24, 2.45) is 40.4 Å². The number of methoxy groups -OCH3 is 1. The molecular formula is C28H46F2O4. The largest absolute Gasteiger partial charge is 0.469 e. The van der Waals surface area contributed by atoms with Gasteiger partial charge in [-0.1, -0.05) is 27.7 Å². The number of halogens is 2. The van der Waals surface area contributed by atoms with Crippen molar-refractivity contribution in [3.63, 3.8) is 0 Å². The minimum Gasteiger partial charge on any atom is -0.469 e. The quantitative estimate of drug-likeness (QED) is 0.342. The van der Waals surface area contributed by atoms with Gasteiger partial charge in [-0.25, -0.2) is 8.78 Å². The first-order valence-electron chi connectivity index (χ1n) is 13.5. The first-order valence-corrected chi connectivity index (χ1v) is 13.5. The molecule has 6 heteroatoms. The molecule has 0 heterocycles. The number of hydrogen-bond acceptors (Lipinski definition) is 4. The molecule has 3 rings (SSSR count). The number of carbonyl (C=O) groups excluding carboxylic acids is 2. The molecule has 0 saturated heterocycles. The summed E-state index contributed by atoms with van der Waals surface area (Å²) in [6.45, 7) is 9.75. The second-order valence-corrected chi connectivity index (χ2v) is 12.1. The zero-order valence-electron chi connectivity index (χ0n) is 22.1. The third kappa shape index (κ3) is 5.31. The molecule has 0 aromatic heterocycles. The van der Waals surface area contributed by atoms with Crippen LogP contribution in [0.2, 0.25) is 0 Å². The van der Waals surface area contributed by atoms with Crippen molar-refractivity contribution >= 4 is 11.9 Å². The van der Waals surface area contributed by atoms with E-state index in [4.69, 9.17) is 9.47 Å². The van der Waals surface area contributed by atoms with Crippen LogP contribution in [0.1, 0.15) is 105 Å². The molecule has 0 spiro atoms. The van der Waals surface area contributed by atoms with Gasteiger partial charge in [-0.15, -0.1) is 0 Å². The third-order valence-electron chi connectivity index (χ3n) is 10.3. The van der Waals surface area contributed by atoms with E-state index >= 15 is 8.78 Å². The van der Waals surface area contributed by atoms with Gasteiger partial charge in [-0.3, -0.25) is 9.59 Å². The molecule has 0 amide bonds. The molecule has 4 nitrogen and oxygen atoms in total. The molecule has 3 saturated carbocycles. The minimum atomic E-state index is -2.68. The van der Waals surface area contributed by atoms with Crippen molar-refractivity contribution in [2.45, 2.75) is 117 Å². The van der Waals surface area contributed by atoms with E-state index in [2.05, 4.69) is 20.8 Å². The Labute approximate surface area is 204 Å². The Morgan fingerprint density at radius 1 is 1.03 bits per heavy atom. The molecule has 6 atom stereocenters. The molecule has 3 aliphatic rings. The molecule has 34 heavy (non-hydrogen) atoms. The lowest BCUT2D eigenvalue weighted by atomic mass is 9.49. The van der Waals surface area contributed by atoms with E-state index in [1.807, 2.05) is 0 Å². The second-order valence-electron chi connectivity index (χ2n) is 12.1. The summed E-state index contributed by atoms with van der Waals surface area (Å²) >= 11 is 0. The standard InChI is InChI=1S/C28H46F2O4/c1-7-28(29,30)25-22(26(4)15-12-20(13-16-26)34-19(3)31)14-17-27(5)21(9-10-23(25)27)18(2)8-11-24(32)33-6/h18,20-23,25H,7-17H2,1-6H3/t18-,20?,21?,22+,23+,25-,26?,27-/m1/s1. The summed E-state index contributed by atoms with van der Waals surface area (Å²) in [5.74, 6) is -3.06. The maximum absolute atomic E-state index is 15.8. The highest BCUT2D eigenvalue weighted by atomic mass is 19.3.